The molecule has 0 unspecified atom stereocenters. The molecule has 1 amide bonds. The highest BCUT2D eigenvalue weighted by molar-refractivity contribution is 6.33. The third-order valence-electron chi connectivity index (χ3n) is 6.60. The minimum absolute atomic E-state index is 0.306. The molecule has 0 aromatic heterocycles. The Hall–Kier alpha value is -2.96. The second-order valence-corrected chi connectivity index (χ2v) is 9.18. The first-order valence-electron chi connectivity index (χ1n) is 11.5. The van der Waals surface area contributed by atoms with Gasteiger partial charge in [-0.25, -0.2) is 4.79 Å². The number of carbonyl (C=O) groups excluding carboxylic acids is 1. The van der Waals surface area contributed by atoms with E-state index in [0.717, 1.165) is 45.0 Å². The van der Waals surface area contributed by atoms with Crippen molar-refractivity contribution in [2.45, 2.75) is 0 Å². The predicted octanol–water partition coefficient (Wildman–Crippen LogP) is 4.57. The van der Waals surface area contributed by atoms with Crippen LogP contribution in [0.2, 0.25) is 5.02 Å². The molecule has 2 heterocycles. The van der Waals surface area contributed by atoms with Gasteiger partial charge >= 0.3 is 6.09 Å². The molecule has 2 fully saturated rings. The normalized spacial score (nSPS) is 17.5. The summed E-state index contributed by atoms with van der Waals surface area (Å²) in [4.78, 5) is 21.5. The number of rotatable bonds is 3. The standard InChI is InChI=1S/C26H29ClN4O2/c1-28-10-12-30(13-11-28)25-19-23(8-9-24(25)27)33-26(32)31-16-14-29(15-17-31)22-7-6-20-4-2-3-5-21(20)18-22/h2-9,18-19H,10-17H2,1H3. The van der Waals surface area contributed by atoms with E-state index >= 15 is 0 Å². The highest BCUT2D eigenvalue weighted by atomic mass is 35.5. The van der Waals surface area contributed by atoms with Gasteiger partial charge < -0.3 is 24.3 Å². The van der Waals surface area contributed by atoms with Crippen LogP contribution < -0.4 is 14.5 Å². The quantitative estimate of drug-likeness (QED) is 0.568. The lowest BCUT2D eigenvalue weighted by Crippen LogP contribution is -2.49. The summed E-state index contributed by atoms with van der Waals surface area (Å²) in [5.41, 5.74) is 2.12. The number of carbonyl (C=O) groups is 1. The molecule has 7 heteroatoms. The summed E-state index contributed by atoms with van der Waals surface area (Å²) in [5, 5.41) is 3.15. The van der Waals surface area contributed by atoms with Gasteiger partial charge in [0.15, 0.2) is 0 Å². The third kappa shape index (κ3) is 4.87. The zero-order valence-electron chi connectivity index (χ0n) is 18.9. The maximum absolute atomic E-state index is 12.8. The van der Waals surface area contributed by atoms with Crippen molar-refractivity contribution in [1.82, 2.24) is 9.80 Å². The van der Waals surface area contributed by atoms with Crippen molar-refractivity contribution in [3.63, 3.8) is 0 Å². The molecule has 0 radical (unpaired) electrons. The molecule has 3 aromatic carbocycles. The number of hydrogen-bond acceptors (Lipinski definition) is 5. The van der Waals surface area contributed by atoms with E-state index in [9.17, 15) is 4.79 Å². The minimum Gasteiger partial charge on any atom is -0.410 e. The molecule has 0 aliphatic carbocycles. The van der Waals surface area contributed by atoms with Gasteiger partial charge in [0.05, 0.1) is 10.7 Å². The molecule has 3 aromatic rings. The second-order valence-electron chi connectivity index (χ2n) is 8.78. The summed E-state index contributed by atoms with van der Waals surface area (Å²) in [7, 11) is 2.12. The van der Waals surface area contributed by atoms with Crippen molar-refractivity contribution in [3.05, 3.63) is 65.7 Å². The van der Waals surface area contributed by atoms with Crippen molar-refractivity contribution >= 4 is 39.8 Å². The number of halogens is 1. The first-order chi connectivity index (χ1) is 16.1. The smallest absolute Gasteiger partial charge is 0.410 e. The average molecular weight is 465 g/mol. The second kappa shape index (κ2) is 9.49. The molecule has 172 valence electrons. The van der Waals surface area contributed by atoms with Gasteiger partial charge in [-0.15, -0.1) is 0 Å². The Morgan fingerprint density at radius 2 is 1.48 bits per heavy atom. The van der Waals surface area contributed by atoms with E-state index in [2.05, 4.69) is 64.2 Å². The van der Waals surface area contributed by atoms with E-state index in [1.807, 2.05) is 12.1 Å². The van der Waals surface area contributed by atoms with E-state index in [1.54, 1.807) is 11.0 Å². The highest BCUT2D eigenvalue weighted by Crippen LogP contribution is 2.31. The number of benzene rings is 3. The van der Waals surface area contributed by atoms with Crippen molar-refractivity contribution in [3.8, 4) is 5.75 Å². The summed E-state index contributed by atoms with van der Waals surface area (Å²) in [6, 6.07) is 20.4. The van der Waals surface area contributed by atoms with Gasteiger partial charge in [-0.3, -0.25) is 0 Å². The SMILES string of the molecule is CN1CCN(c2cc(OC(=O)N3CCN(c4ccc5ccccc5c4)CC3)ccc2Cl)CC1. The Balaban J connectivity index is 1.20. The number of anilines is 2. The van der Waals surface area contributed by atoms with Crippen LogP contribution in [0.1, 0.15) is 0 Å². The molecular formula is C26H29ClN4O2. The molecule has 2 saturated heterocycles. The van der Waals surface area contributed by atoms with Gasteiger partial charge in [0.1, 0.15) is 5.75 Å². The average Bonchev–Trinajstić information content (AvgIpc) is 2.85. The number of ether oxygens (including phenoxy) is 1. The fourth-order valence-corrected chi connectivity index (χ4v) is 4.77. The highest BCUT2D eigenvalue weighted by Gasteiger charge is 2.24. The van der Waals surface area contributed by atoms with Gasteiger partial charge in [0, 0.05) is 64.1 Å². The van der Waals surface area contributed by atoms with Crippen LogP contribution in [0.25, 0.3) is 10.8 Å². The number of likely N-dealkylation sites (N-methyl/N-ethyl adjacent to an activating group) is 1. The van der Waals surface area contributed by atoms with E-state index < -0.39 is 0 Å². The van der Waals surface area contributed by atoms with Crippen molar-refractivity contribution in [2.75, 3.05) is 69.2 Å². The third-order valence-corrected chi connectivity index (χ3v) is 6.92. The fourth-order valence-electron chi connectivity index (χ4n) is 4.53. The van der Waals surface area contributed by atoms with Crippen molar-refractivity contribution in [2.24, 2.45) is 0 Å². The molecular weight excluding hydrogens is 436 g/mol. The lowest BCUT2D eigenvalue weighted by molar-refractivity contribution is 0.149. The molecule has 0 atom stereocenters. The number of hydrogen-bond donors (Lipinski definition) is 0. The van der Waals surface area contributed by atoms with Crippen LogP contribution in [-0.2, 0) is 0 Å². The molecule has 5 rings (SSSR count). The van der Waals surface area contributed by atoms with Gasteiger partial charge in [-0.1, -0.05) is 41.9 Å². The summed E-state index contributed by atoms with van der Waals surface area (Å²) < 4.78 is 5.73. The maximum atomic E-state index is 12.8. The molecule has 33 heavy (non-hydrogen) atoms. The van der Waals surface area contributed by atoms with Gasteiger partial charge in [-0.05, 0) is 42.1 Å². The molecule has 6 nitrogen and oxygen atoms in total. The van der Waals surface area contributed by atoms with E-state index in [0.29, 0.717) is 23.9 Å². The number of fused-ring (bicyclic) bond motifs is 1. The monoisotopic (exact) mass is 464 g/mol. The lowest BCUT2D eigenvalue weighted by Gasteiger charge is -2.36. The summed E-state index contributed by atoms with van der Waals surface area (Å²) in [6.07, 6.45) is -0.306. The summed E-state index contributed by atoms with van der Waals surface area (Å²) in [6.45, 7) is 6.61. The summed E-state index contributed by atoms with van der Waals surface area (Å²) in [5.74, 6) is 0.537. The Kier molecular flexibility index (Phi) is 6.29. The number of nitrogens with zero attached hydrogens (tertiary/aromatic N) is 4. The Morgan fingerprint density at radius 1 is 0.788 bits per heavy atom. The van der Waals surface area contributed by atoms with Gasteiger partial charge in [0.2, 0.25) is 0 Å². The van der Waals surface area contributed by atoms with Crippen molar-refractivity contribution < 1.29 is 9.53 Å². The van der Waals surface area contributed by atoms with Crippen LogP contribution in [0.4, 0.5) is 16.2 Å². The summed E-state index contributed by atoms with van der Waals surface area (Å²) >= 11 is 6.45. The van der Waals surface area contributed by atoms with Crippen molar-refractivity contribution in [1.29, 1.82) is 0 Å². The fraction of sp³-hybridized carbons (Fsp3) is 0.346. The molecule has 0 N–H and O–H groups in total. The molecule has 2 aliphatic heterocycles. The van der Waals surface area contributed by atoms with Gasteiger partial charge in [0.25, 0.3) is 0 Å². The van der Waals surface area contributed by atoms with Crippen LogP contribution in [0.15, 0.2) is 60.7 Å². The van der Waals surface area contributed by atoms with E-state index in [-0.39, 0.29) is 6.09 Å². The zero-order chi connectivity index (χ0) is 22.8. The predicted molar refractivity (Wildman–Crippen MR) is 135 cm³/mol. The number of amides is 1. The number of piperazine rings is 2. The molecule has 0 saturated carbocycles. The Labute approximate surface area is 199 Å². The van der Waals surface area contributed by atoms with Crippen LogP contribution in [0.3, 0.4) is 0 Å². The first kappa shape index (κ1) is 21.9. The van der Waals surface area contributed by atoms with E-state index in [4.69, 9.17) is 16.3 Å². The maximum Gasteiger partial charge on any atom is 0.415 e. The first-order valence-corrected chi connectivity index (χ1v) is 11.9. The Morgan fingerprint density at radius 3 is 2.24 bits per heavy atom. The molecule has 0 bridgehead atoms. The van der Waals surface area contributed by atoms with E-state index in [1.165, 1.54) is 16.5 Å². The van der Waals surface area contributed by atoms with Crippen LogP contribution in [-0.4, -0.2) is 75.3 Å². The van der Waals surface area contributed by atoms with Crippen LogP contribution in [0.5, 0.6) is 5.75 Å². The largest absolute Gasteiger partial charge is 0.415 e. The van der Waals surface area contributed by atoms with Crippen LogP contribution in [0, 0.1) is 0 Å². The van der Waals surface area contributed by atoms with Gasteiger partial charge in [-0.2, -0.15) is 0 Å². The Bertz CT molecular complexity index is 1140. The zero-order valence-corrected chi connectivity index (χ0v) is 19.7. The topological polar surface area (TPSA) is 39.3 Å². The molecule has 2 aliphatic rings. The minimum atomic E-state index is -0.306. The lowest BCUT2D eigenvalue weighted by atomic mass is 10.1. The van der Waals surface area contributed by atoms with Crippen LogP contribution >= 0.6 is 11.6 Å². The molecule has 0 spiro atoms.